The van der Waals surface area contributed by atoms with Crippen molar-refractivity contribution >= 4 is 17.2 Å². The topological polar surface area (TPSA) is 58.4 Å². The Labute approximate surface area is 158 Å². The number of amides is 1. The van der Waals surface area contributed by atoms with Crippen LogP contribution in [0.3, 0.4) is 0 Å². The smallest absolute Gasteiger partial charge is 0.236 e. The first kappa shape index (κ1) is 17.7. The molecule has 2 aliphatic rings. The number of oxazole rings is 1. The van der Waals surface area contributed by atoms with Crippen molar-refractivity contribution < 1.29 is 9.21 Å². The van der Waals surface area contributed by atoms with E-state index in [0.29, 0.717) is 18.4 Å². The molecule has 1 saturated carbocycles. The summed E-state index contributed by atoms with van der Waals surface area (Å²) >= 11 is 1.65. The molecule has 1 aliphatic carbocycles. The van der Waals surface area contributed by atoms with Gasteiger partial charge in [0.2, 0.25) is 11.8 Å². The van der Waals surface area contributed by atoms with Crippen molar-refractivity contribution in [2.75, 3.05) is 13.1 Å². The zero-order valence-corrected chi connectivity index (χ0v) is 16.2. The Morgan fingerprint density at radius 3 is 3.08 bits per heavy atom. The zero-order chi connectivity index (χ0) is 17.9. The summed E-state index contributed by atoms with van der Waals surface area (Å²) in [6.07, 6.45) is 6.41. The first-order chi connectivity index (χ1) is 12.7. The zero-order valence-electron chi connectivity index (χ0n) is 15.4. The highest BCUT2D eigenvalue weighted by Crippen LogP contribution is 2.28. The second-order valence-electron chi connectivity index (χ2n) is 7.62. The first-order valence-corrected chi connectivity index (χ1v) is 10.6. The van der Waals surface area contributed by atoms with E-state index in [4.69, 9.17) is 9.40 Å². The van der Waals surface area contributed by atoms with Crippen LogP contribution in [0.5, 0.6) is 0 Å². The minimum atomic E-state index is 0.234. The summed E-state index contributed by atoms with van der Waals surface area (Å²) in [5.74, 6) is 2.49. The van der Waals surface area contributed by atoms with Gasteiger partial charge in [-0.15, -0.1) is 11.3 Å². The highest BCUT2D eigenvalue weighted by atomic mass is 32.1. The number of carbonyl (C=O) groups is 1. The van der Waals surface area contributed by atoms with E-state index in [1.165, 1.54) is 12.8 Å². The maximum Gasteiger partial charge on any atom is 0.236 e. The molecule has 2 aromatic heterocycles. The predicted octanol–water partition coefficient (Wildman–Crippen LogP) is 3.98. The summed E-state index contributed by atoms with van der Waals surface area (Å²) in [5, 5.41) is 5.14. The minimum absolute atomic E-state index is 0.234. The van der Waals surface area contributed by atoms with E-state index >= 15 is 0 Å². The van der Waals surface area contributed by atoms with Gasteiger partial charge in [-0.2, -0.15) is 0 Å². The van der Waals surface area contributed by atoms with Crippen LogP contribution in [0.25, 0.3) is 10.8 Å². The van der Waals surface area contributed by atoms with Crippen molar-refractivity contribution in [3.63, 3.8) is 0 Å². The van der Waals surface area contributed by atoms with E-state index in [9.17, 15) is 4.79 Å². The summed E-state index contributed by atoms with van der Waals surface area (Å²) in [4.78, 5) is 20.2. The van der Waals surface area contributed by atoms with Crippen LogP contribution in [-0.4, -0.2) is 34.9 Å². The predicted molar refractivity (Wildman–Crippen MR) is 103 cm³/mol. The number of piperidine rings is 1. The van der Waals surface area contributed by atoms with Crippen LogP contribution in [0.15, 0.2) is 21.9 Å². The Morgan fingerprint density at radius 2 is 2.31 bits per heavy atom. The Hall–Kier alpha value is -1.66. The molecule has 6 heteroatoms. The lowest BCUT2D eigenvalue weighted by atomic mass is 9.93. The molecule has 26 heavy (non-hydrogen) atoms. The summed E-state index contributed by atoms with van der Waals surface area (Å²) in [5.41, 5.74) is 1.04. The second-order valence-corrected chi connectivity index (χ2v) is 8.57. The molecule has 140 valence electrons. The van der Waals surface area contributed by atoms with Gasteiger partial charge in [0, 0.05) is 25.6 Å². The van der Waals surface area contributed by atoms with Crippen LogP contribution in [0, 0.1) is 12.8 Å². The largest absolute Gasteiger partial charge is 0.440 e. The normalized spacial score (nSPS) is 21.0. The maximum absolute atomic E-state index is 11.9. The molecular formula is C20H27N3O2S. The number of carbonyl (C=O) groups excluding carboxylic acids is 1. The molecule has 0 unspecified atom stereocenters. The van der Waals surface area contributed by atoms with Gasteiger partial charge in [-0.25, -0.2) is 4.98 Å². The number of aromatic nitrogens is 1. The van der Waals surface area contributed by atoms with Crippen molar-refractivity contribution in [2.45, 2.75) is 58.0 Å². The number of rotatable bonds is 7. The van der Waals surface area contributed by atoms with E-state index < -0.39 is 0 Å². The van der Waals surface area contributed by atoms with Gasteiger partial charge in [0.25, 0.3) is 0 Å². The molecular weight excluding hydrogens is 346 g/mol. The molecule has 1 N–H and O–H groups in total. The fourth-order valence-corrected chi connectivity index (χ4v) is 4.33. The van der Waals surface area contributed by atoms with Gasteiger partial charge in [-0.3, -0.25) is 9.69 Å². The number of hydrogen-bond acceptors (Lipinski definition) is 5. The van der Waals surface area contributed by atoms with Crippen LogP contribution < -0.4 is 5.32 Å². The van der Waals surface area contributed by atoms with Gasteiger partial charge in [0.05, 0.1) is 10.6 Å². The van der Waals surface area contributed by atoms with Crippen molar-refractivity contribution in [2.24, 2.45) is 5.92 Å². The molecule has 0 radical (unpaired) electrons. The average Bonchev–Trinajstić information content (AvgIpc) is 3.13. The molecule has 1 aliphatic heterocycles. The Bertz CT molecular complexity index is 736. The lowest BCUT2D eigenvalue weighted by Crippen LogP contribution is -2.36. The number of aryl methyl sites for hydroxylation is 1. The Balaban J connectivity index is 1.30. The lowest BCUT2D eigenvalue weighted by Gasteiger charge is -2.32. The van der Waals surface area contributed by atoms with E-state index in [1.807, 2.05) is 24.4 Å². The molecule has 3 heterocycles. The van der Waals surface area contributed by atoms with E-state index in [-0.39, 0.29) is 5.91 Å². The molecule has 1 amide bonds. The van der Waals surface area contributed by atoms with Gasteiger partial charge >= 0.3 is 0 Å². The molecule has 2 fully saturated rings. The van der Waals surface area contributed by atoms with E-state index in [2.05, 4.69) is 10.2 Å². The molecule has 0 spiro atoms. The first-order valence-electron chi connectivity index (χ1n) is 9.69. The van der Waals surface area contributed by atoms with Crippen LogP contribution >= 0.6 is 11.3 Å². The summed E-state index contributed by atoms with van der Waals surface area (Å²) < 4.78 is 5.87. The van der Waals surface area contributed by atoms with E-state index in [1.54, 1.807) is 11.3 Å². The average molecular weight is 374 g/mol. The number of thiophene rings is 1. The second kappa shape index (κ2) is 7.92. The minimum Gasteiger partial charge on any atom is -0.440 e. The monoisotopic (exact) mass is 373 g/mol. The van der Waals surface area contributed by atoms with E-state index in [0.717, 1.165) is 61.1 Å². The summed E-state index contributed by atoms with van der Waals surface area (Å²) in [7, 11) is 0. The fraction of sp³-hybridized carbons (Fsp3) is 0.600. The fourth-order valence-electron chi connectivity index (χ4n) is 3.69. The number of likely N-dealkylation sites (tertiary alicyclic amines) is 1. The SMILES string of the molecule is Cc1oc(-c2cccs2)nc1CN1CCC[C@H](CCC(=O)NC2CC2)C1. The van der Waals surface area contributed by atoms with Gasteiger partial charge in [-0.05, 0) is 62.9 Å². The van der Waals surface area contributed by atoms with Gasteiger partial charge < -0.3 is 9.73 Å². The molecule has 0 bridgehead atoms. The number of hydrogen-bond donors (Lipinski definition) is 1. The van der Waals surface area contributed by atoms with Crippen LogP contribution in [0.1, 0.15) is 50.0 Å². The highest BCUT2D eigenvalue weighted by Gasteiger charge is 2.25. The van der Waals surface area contributed by atoms with Crippen LogP contribution in [-0.2, 0) is 11.3 Å². The van der Waals surface area contributed by atoms with Gasteiger partial charge in [0.15, 0.2) is 0 Å². The Kier molecular flexibility index (Phi) is 5.41. The maximum atomic E-state index is 11.9. The van der Waals surface area contributed by atoms with Gasteiger partial charge in [-0.1, -0.05) is 6.07 Å². The van der Waals surface area contributed by atoms with Crippen LogP contribution in [0.4, 0.5) is 0 Å². The third-order valence-electron chi connectivity index (χ3n) is 5.32. The van der Waals surface area contributed by atoms with Crippen LogP contribution in [0.2, 0.25) is 0 Å². The third kappa shape index (κ3) is 4.54. The molecule has 1 atom stereocenters. The molecule has 0 aromatic carbocycles. The number of nitrogens with zero attached hydrogens (tertiary/aromatic N) is 2. The quantitative estimate of drug-likeness (QED) is 0.797. The molecule has 5 nitrogen and oxygen atoms in total. The standard InChI is InChI=1S/C20H27N3O2S/c1-14-17(22-20(25-14)18-5-3-11-26-18)13-23-10-2-4-15(12-23)6-9-19(24)21-16-7-8-16/h3,5,11,15-16H,2,4,6-10,12-13H2,1H3,(H,21,24)/t15-/m1/s1. The molecule has 4 rings (SSSR count). The summed E-state index contributed by atoms with van der Waals surface area (Å²) in [6.45, 7) is 5.00. The molecule has 2 aromatic rings. The third-order valence-corrected chi connectivity index (χ3v) is 6.18. The van der Waals surface area contributed by atoms with Gasteiger partial charge in [0.1, 0.15) is 5.76 Å². The van der Waals surface area contributed by atoms with Crippen molar-refractivity contribution in [1.29, 1.82) is 0 Å². The molecule has 1 saturated heterocycles. The number of nitrogens with one attached hydrogen (secondary N) is 1. The lowest BCUT2D eigenvalue weighted by molar-refractivity contribution is -0.121. The summed E-state index contributed by atoms with van der Waals surface area (Å²) in [6, 6.07) is 4.54. The highest BCUT2D eigenvalue weighted by molar-refractivity contribution is 7.13. The van der Waals surface area contributed by atoms with Crippen molar-refractivity contribution in [1.82, 2.24) is 15.2 Å². The Morgan fingerprint density at radius 1 is 1.42 bits per heavy atom. The van der Waals surface area contributed by atoms with Crippen molar-refractivity contribution in [3.05, 3.63) is 29.0 Å². The van der Waals surface area contributed by atoms with Crippen molar-refractivity contribution in [3.8, 4) is 10.8 Å².